The summed E-state index contributed by atoms with van der Waals surface area (Å²) in [6.07, 6.45) is 0.581. The summed E-state index contributed by atoms with van der Waals surface area (Å²) >= 11 is 0. The van der Waals surface area contributed by atoms with Crippen LogP contribution in [0.1, 0.15) is 5.56 Å². The standard InChI is InChI=1S/C17H16F2N2O3/c1-23-13-3-5-16-10(7-13)6-12(9-24-16)21-17(22)20-11-2-4-14(18)15(19)8-11/h2-5,7-8,12H,6,9H2,1H3,(H2,20,21,22). The third-order valence-electron chi connectivity index (χ3n) is 3.69. The van der Waals surface area contributed by atoms with Crippen LogP contribution in [-0.2, 0) is 6.42 Å². The SMILES string of the molecule is COc1ccc2c(c1)CC(NC(=O)Nc1ccc(F)c(F)c1)CO2. The predicted octanol–water partition coefficient (Wildman–Crippen LogP) is 3.10. The highest BCUT2D eigenvalue weighted by atomic mass is 19.2. The fourth-order valence-corrected chi connectivity index (χ4v) is 2.52. The summed E-state index contributed by atoms with van der Waals surface area (Å²) in [6, 6.07) is 7.90. The Balaban J connectivity index is 1.61. The Morgan fingerprint density at radius 3 is 2.79 bits per heavy atom. The number of methoxy groups -OCH3 is 1. The molecule has 0 aliphatic carbocycles. The van der Waals surface area contributed by atoms with E-state index in [4.69, 9.17) is 9.47 Å². The number of amides is 2. The van der Waals surface area contributed by atoms with Crippen LogP contribution >= 0.6 is 0 Å². The van der Waals surface area contributed by atoms with E-state index in [0.29, 0.717) is 18.8 Å². The minimum absolute atomic E-state index is 0.171. The van der Waals surface area contributed by atoms with Crippen LogP contribution < -0.4 is 20.1 Å². The van der Waals surface area contributed by atoms with E-state index in [9.17, 15) is 13.6 Å². The Morgan fingerprint density at radius 2 is 2.04 bits per heavy atom. The van der Waals surface area contributed by atoms with Crippen molar-refractivity contribution in [1.82, 2.24) is 5.32 Å². The number of anilines is 1. The number of nitrogens with one attached hydrogen (secondary N) is 2. The molecule has 24 heavy (non-hydrogen) atoms. The van der Waals surface area contributed by atoms with Gasteiger partial charge in [-0.25, -0.2) is 13.6 Å². The first kappa shape index (κ1) is 16.0. The van der Waals surface area contributed by atoms with E-state index in [0.717, 1.165) is 23.4 Å². The van der Waals surface area contributed by atoms with Gasteiger partial charge in [0.05, 0.1) is 13.2 Å². The van der Waals surface area contributed by atoms with Crippen LogP contribution in [0.3, 0.4) is 0 Å². The van der Waals surface area contributed by atoms with Crippen molar-refractivity contribution >= 4 is 11.7 Å². The smallest absolute Gasteiger partial charge is 0.319 e. The Kier molecular flexibility index (Phi) is 4.50. The first-order valence-electron chi connectivity index (χ1n) is 7.37. The number of urea groups is 1. The van der Waals surface area contributed by atoms with Crippen molar-refractivity contribution in [3.63, 3.8) is 0 Å². The second-order valence-corrected chi connectivity index (χ2v) is 5.41. The molecule has 1 heterocycles. The maximum Gasteiger partial charge on any atom is 0.319 e. The van der Waals surface area contributed by atoms with Crippen molar-refractivity contribution < 1.29 is 23.0 Å². The molecule has 1 unspecified atom stereocenters. The third-order valence-corrected chi connectivity index (χ3v) is 3.69. The van der Waals surface area contributed by atoms with Gasteiger partial charge in [-0.3, -0.25) is 0 Å². The molecule has 2 N–H and O–H groups in total. The quantitative estimate of drug-likeness (QED) is 0.907. The zero-order valence-electron chi connectivity index (χ0n) is 12.9. The molecule has 0 fully saturated rings. The molecule has 3 rings (SSSR count). The zero-order valence-corrected chi connectivity index (χ0v) is 12.9. The van der Waals surface area contributed by atoms with E-state index in [2.05, 4.69) is 10.6 Å². The number of benzene rings is 2. The lowest BCUT2D eigenvalue weighted by Gasteiger charge is -2.26. The number of ether oxygens (including phenoxy) is 2. The third kappa shape index (κ3) is 3.56. The molecule has 2 aromatic rings. The van der Waals surface area contributed by atoms with Crippen molar-refractivity contribution in [2.45, 2.75) is 12.5 Å². The number of rotatable bonds is 3. The number of carbonyl (C=O) groups is 1. The maximum absolute atomic E-state index is 13.1. The summed E-state index contributed by atoms with van der Waals surface area (Å²) in [5, 5.41) is 5.21. The average molecular weight is 334 g/mol. The van der Waals surface area contributed by atoms with Crippen LogP contribution in [0.2, 0.25) is 0 Å². The monoisotopic (exact) mass is 334 g/mol. The van der Waals surface area contributed by atoms with Gasteiger partial charge in [0, 0.05) is 11.8 Å². The average Bonchev–Trinajstić information content (AvgIpc) is 2.57. The number of hydrogen-bond donors (Lipinski definition) is 2. The molecule has 0 radical (unpaired) electrons. The summed E-state index contributed by atoms with van der Waals surface area (Å²) in [6.45, 7) is 0.324. The minimum Gasteiger partial charge on any atom is -0.497 e. The van der Waals surface area contributed by atoms with Crippen LogP contribution in [-0.4, -0.2) is 25.8 Å². The highest BCUT2D eigenvalue weighted by molar-refractivity contribution is 5.89. The molecular formula is C17H16F2N2O3. The summed E-state index contributed by atoms with van der Waals surface area (Å²) in [7, 11) is 1.58. The first-order valence-corrected chi connectivity index (χ1v) is 7.37. The number of carbonyl (C=O) groups excluding carboxylic acids is 1. The van der Waals surface area contributed by atoms with Gasteiger partial charge in [-0.15, -0.1) is 0 Å². The van der Waals surface area contributed by atoms with Crippen molar-refractivity contribution in [3.05, 3.63) is 53.6 Å². The van der Waals surface area contributed by atoms with E-state index in [1.165, 1.54) is 6.07 Å². The lowest BCUT2D eigenvalue weighted by Crippen LogP contribution is -2.44. The molecule has 126 valence electrons. The largest absolute Gasteiger partial charge is 0.497 e. The van der Waals surface area contributed by atoms with E-state index in [1.807, 2.05) is 18.2 Å². The van der Waals surface area contributed by atoms with Crippen LogP contribution in [0.25, 0.3) is 0 Å². The fraction of sp³-hybridized carbons (Fsp3) is 0.235. The molecule has 1 atom stereocenters. The van der Waals surface area contributed by atoms with Crippen LogP contribution in [0.5, 0.6) is 11.5 Å². The minimum atomic E-state index is -1.02. The van der Waals surface area contributed by atoms with Gasteiger partial charge in [-0.1, -0.05) is 0 Å². The summed E-state index contributed by atoms with van der Waals surface area (Å²) in [4.78, 5) is 12.0. The highest BCUT2D eigenvalue weighted by Crippen LogP contribution is 2.28. The van der Waals surface area contributed by atoms with E-state index < -0.39 is 17.7 Å². The molecule has 0 bridgehead atoms. The molecule has 0 saturated heterocycles. The molecule has 5 nitrogen and oxygen atoms in total. The Labute approximate surface area is 137 Å². The fourth-order valence-electron chi connectivity index (χ4n) is 2.52. The molecule has 0 spiro atoms. The summed E-state index contributed by atoms with van der Waals surface area (Å²) in [5.41, 5.74) is 1.10. The van der Waals surface area contributed by atoms with E-state index in [1.54, 1.807) is 7.11 Å². The zero-order chi connectivity index (χ0) is 17.1. The molecule has 1 aliphatic rings. The van der Waals surface area contributed by atoms with E-state index in [-0.39, 0.29) is 11.7 Å². The molecule has 0 saturated carbocycles. The Bertz CT molecular complexity index is 767. The van der Waals surface area contributed by atoms with Crippen molar-refractivity contribution in [2.24, 2.45) is 0 Å². The lowest BCUT2D eigenvalue weighted by atomic mass is 10.0. The molecule has 2 aromatic carbocycles. The second kappa shape index (κ2) is 6.74. The topological polar surface area (TPSA) is 59.6 Å². The Hall–Kier alpha value is -2.83. The van der Waals surface area contributed by atoms with Crippen molar-refractivity contribution in [1.29, 1.82) is 0 Å². The molecule has 2 amide bonds. The van der Waals surface area contributed by atoms with Crippen LogP contribution in [0.4, 0.5) is 19.3 Å². The highest BCUT2D eigenvalue weighted by Gasteiger charge is 2.22. The molecule has 1 aliphatic heterocycles. The van der Waals surface area contributed by atoms with Crippen molar-refractivity contribution in [3.8, 4) is 11.5 Å². The summed E-state index contributed by atoms with van der Waals surface area (Å²) < 4.78 is 36.8. The lowest BCUT2D eigenvalue weighted by molar-refractivity contribution is 0.222. The predicted molar refractivity (Wildman–Crippen MR) is 84.5 cm³/mol. The van der Waals surface area contributed by atoms with Gasteiger partial charge in [0.2, 0.25) is 0 Å². The van der Waals surface area contributed by atoms with Gasteiger partial charge in [0.1, 0.15) is 18.1 Å². The van der Waals surface area contributed by atoms with Crippen LogP contribution in [0.15, 0.2) is 36.4 Å². The van der Waals surface area contributed by atoms with Gasteiger partial charge in [0.15, 0.2) is 11.6 Å². The molecule has 7 heteroatoms. The normalized spacial score (nSPS) is 15.9. The Morgan fingerprint density at radius 1 is 1.21 bits per heavy atom. The molecular weight excluding hydrogens is 318 g/mol. The van der Waals surface area contributed by atoms with Gasteiger partial charge in [0.25, 0.3) is 0 Å². The van der Waals surface area contributed by atoms with Gasteiger partial charge >= 0.3 is 6.03 Å². The van der Waals surface area contributed by atoms with Crippen LogP contribution in [0, 0.1) is 11.6 Å². The van der Waals surface area contributed by atoms with Gasteiger partial charge < -0.3 is 20.1 Å². The first-order chi connectivity index (χ1) is 11.5. The molecule has 0 aromatic heterocycles. The summed E-state index contributed by atoms with van der Waals surface area (Å²) in [5.74, 6) is -0.513. The van der Waals surface area contributed by atoms with Gasteiger partial charge in [-0.2, -0.15) is 0 Å². The van der Waals surface area contributed by atoms with E-state index >= 15 is 0 Å². The maximum atomic E-state index is 13.1. The van der Waals surface area contributed by atoms with Crippen molar-refractivity contribution in [2.75, 3.05) is 19.0 Å². The number of fused-ring (bicyclic) bond motifs is 1. The second-order valence-electron chi connectivity index (χ2n) is 5.41. The number of hydrogen-bond acceptors (Lipinski definition) is 3. The number of halogens is 2. The van der Waals surface area contributed by atoms with Gasteiger partial charge in [-0.05, 0) is 42.3 Å².